The van der Waals surface area contributed by atoms with Gasteiger partial charge in [-0.2, -0.15) is 12.7 Å². The molecular weight excluding hydrogens is 916 g/mol. The van der Waals surface area contributed by atoms with Gasteiger partial charge in [-0.3, -0.25) is 34.1 Å². The minimum atomic E-state index is -4.37. The number of hydrogen-bond donors (Lipinski definition) is 3. The van der Waals surface area contributed by atoms with Gasteiger partial charge in [0.1, 0.15) is 29.5 Å². The summed E-state index contributed by atoms with van der Waals surface area (Å²) in [6, 6.07) is 8.69. The third-order valence-corrected chi connectivity index (χ3v) is 16.4. The number of imide groups is 1. The molecular formula is C48H50F3N11O6S. The number of hydrogen-bond acceptors (Lipinski definition) is 12. The molecule has 8 heterocycles. The third kappa shape index (κ3) is 8.41. The molecule has 0 bridgehead atoms. The van der Waals surface area contributed by atoms with Crippen LogP contribution in [0.3, 0.4) is 0 Å². The van der Waals surface area contributed by atoms with Crippen molar-refractivity contribution in [1.29, 1.82) is 0 Å². The molecule has 0 spiro atoms. The van der Waals surface area contributed by atoms with Crippen molar-refractivity contribution in [3.8, 4) is 11.1 Å². The van der Waals surface area contributed by atoms with Crippen LogP contribution in [0.2, 0.25) is 0 Å². The lowest BCUT2D eigenvalue weighted by Crippen LogP contribution is -2.52. The maximum Gasteiger partial charge on any atom is 0.301 e. The van der Waals surface area contributed by atoms with Gasteiger partial charge in [0.15, 0.2) is 5.82 Å². The first-order valence-corrected chi connectivity index (χ1v) is 24.9. The SMILES string of the molecule is O=C1CCC(N2Cc3cc(N4CCC(CN5CCN(C6(c7ncc(-c8cnc9[nH]cc(C(=O)c%10c(F)ccc(NS(=O)(=O)N%11CC[C@@H](F)C%11)c%10F)c9c8)cn7)CC6)CC5)CC4)ccc3C2=O)C(=O)N1. The predicted octanol–water partition coefficient (Wildman–Crippen LogP) is 4.51. The molecule has 5 fully saturated rings. The molecule has 360 valence electrons. The first kappa shape index (κ1) is 45.2. The lowest BCUT2D eigenvalue weighted by atomic mass is 9.95. The molecule has 17 nitrogen and oxygen atoms in total. The molecule has 4 saturated heterocycles. The number of alkyl halides is 1. The number of aromatic amines is 1. The molecule has 21 heteroatoms. The molecule has 11 rings (SSSR count). The summed E-state index contributed by atoms with van der Waals surface area (Å²) in [6.45, 7) is 6.43. The molecule has 3 N–H and O–H groups in total. The van der Waals surface area contributed by atoms with Crippen molar-refractivity contribution in [2.24, 2.45) is 5.92 Å². The van der Waals surface area contributed by atoms with Gasteiger partial charge in [0.25, 0.3) is 5.91 Å². The fourth-order valence-corrected chi connectivity index (χ4v) is 12.1. The number of halogens is 3. The first-order chi connectivity index (χ1) is 33.2. The fourth-order valence-electron chi connectivity index (χ4n) is 10.8. The van der Waals surface area contributed by atoms with Crippen LogP contribution in [0.5, 0.6) is 0 Å². The maximum absolute atomic E-state index is 15.8. The van der Waals surface area contributed by atoms with E-state index in [9.17, 15) is 32.0 Å². The average molecular weight is 966 g/mol. The van der Waals surface area contributed by atoms with Crippen molar-refractivity contribution >= 4 is 56.1 Å². The summed E-state index contributed by atoms with van der Waals surface area (Å²) in [5, 5.41) is 2.66. The first-order valence-electron chi connectivity index (χ1n) is 23.5. The van der Waals surface area contributed by atoms with E-state index in [0.717, 1.165) is 105 Å². The van der Waals surface area contributed by atoms with Crippen molar-refractivity contribution in [3.05, 3.63) is 101 Å². The third-order valence-electron chi connectivity index (χ3n) is 14.9. The van der Waals surface area contributed by atoms with Crippen LogP contribution in [0.4, 0.5) is 24.5 Å². The number of carbonyl (C=O) groups excluding carboxylic acids is 4. The molecule has 1 aliphatic carbocycles. The summed E-state index contributed by atoms with van der Waals surface area (Å²) >= 11 is 0. The number of pyridine rings is 1. The summed E-state index contributed by atoms with van der Waals surface area (Å²) in [5.74, 6) is -3.15. The Morgan fingerprint density at radius 3 is 2.33 bits per heavy atom. The number of nitrogens with one attached hydrogen (secondary N) is 3. The molecule has 5 aliphatic heterocycles. The second kappa shape index (κ2) is 17.6. The van der Waals surface area contributed by atoms with E-state index < -0.39 is 63.5 Å². The lowest BCUT2D eigenvalue weighted by molar-refractivity contribution is -0.136. The highest BCUT2D eigenvalue weighted by atomic mass is 32.2. The van der Waals surface area contributed by atoms with E-state index in [4.69, 9.17) is 9.97 Å². The standard InChI is InChI=1S/C48H50F3N11O6S/c49-32-9-14-61(27-32)69(67,68)57-38-4-3-37(50)41(42(38)51)43(64)36-24-53-44-35(36)20-29(21-52-44)31-22-54-47(55-23-31)48(10-11-48)60-17-15-58(16-18-60)25-28-7-12-59(13-8-28)33-1-2-34-30(19-33)26-62(46(34)66)39-5-6-40(63)56-45(39)65/h1-4,19-24,28,32,39,57H,5-18,25-27H2,(H,52,53)(H,56,63,65)/t32-,39?/m1/s1. The molecule has 1 unspecified atom stereocenters. The Labute approximate surface area is 395 Å². The van der Waals surface area contributed by atoms with E-state index in [0.29, 0.717) is 46.6 Å². The smallest absolute Gasteiger partial charge is 0.301 e. The largest absolute Gasteiger partial charge is 0.372 e. The van der Waals surface area contributed by atoms with Gasteiger partial charge in [-0.1, -0.05) is 0 Å². The Morgan fingerprint density at radius 2 is 1.62 bits per heavy atom. The van der Waals surface area contributed by atoms with Gasteiger partial charge in [0, 0.05) is 130 Å². The van der Waals surface area contributed by atoms with E-state index in [1.54, 1.807) is 29.6 Å². The molecule has 2 atom stereocenters. The van der Waals surface area contributed by atoms with Crippen LogP contribution in [-0.2, 0) is 31.9 Å². The summed E-state index contributed by atoms with van der Waals surface area (Å²) < 4.78 is 73.3. The summed E-state index contributed by atoms with van der Waals surface area (Å²) in [5.41, 5.74) is 2.23. The van der Waals surface area contributed by atoms with Crippen LogP contribution in [0.15, 0.2) is 61.2 Å². The van der Waals surface area contributed by atoms with Gasteiger partial charge in [-0.15, -0.1) is 0 Å². The van der Waals surface area contributed by atoms with Crippen LogP contribution in [0, 0.1) is 17.6 Å². The van der Waals surface area contributed by atoms with E-state index in [-0.39, 0.29) is 42.3 Å². The summed E-state index contributed by atoms with van der Waals surface area (Å²) in [4.78, 5) is 77.2. The number of H-pyrrole nitrogens is 1. The number of piperazine rings is 1. The Kier molecular flexibility index (Phi) is 11.5. The molecule has 0 radical (unpaired) electrons. The molecule has 3 aromatic heterocycles. The molecule has 1 saturated carbocycles. The van der Waals surface area contributed by atoms with Crippen molar-refractivity contribution in [2.75, 3.05) is 68.5 Å². The summed E-state index contributed by atoms with van der Waals surface area (Å²) in [7, 11) is -4.37. The van der Waals surface area contributed by atoms with E-state index in [1.165, 1.54) is 6.20 Å². The van der Waals surface area contributed by atoms with Crippen LogP contribution < -0.4 is 14.9 Å². The Balaban J connectivity index is 0.693. The van der Waals surface area contributed by atoms with Crippen LogP contribution in [0.25, 0.3) is 22.2 Å². The average Bonchev–Trinajstić information content (AvgIpc) is 3.66. The number of ketones is 1. The highest BCUT2D eigenvalue weighted by Gasteiger charge is 2.52. The number of carbonyl (C=O) groups is 4. The van der Waals surface area contributed by atoms with E-state index >= 15 is 8.78 Å². The lowest BCUT2D eigenvalue weighted by Gasteiger charge is -2.41. The van der Waals surface area contributed by atoms with Gasteiger partial charge in [-0.25, -0.2) is 28.1 Å². The number of anilines is 2. The second-order valence-corrected chi connectivity index (χ2v) is 20.7. The minimum absolute atomic E-state index is 0.00224. The zero-order valence-corrected chi connectivity index (χ0v) is 38.4. The highest BCUT2D eigenvalue weighted by molar-refractivity contribution is 7.90. The normalized spacial score (nSPS) is 22.6. The van der Waals surface area contributed by atoms with Gasteiger partial charge in [-0.05, 0) is 86.4 Å². The molecule has 5 aromatic rings. The zero-order chi connectivity index (χ0) is 47.8. The highest BCUT2D eigenvalue weighted by Crippen LogP contribution is 2.50. The topological polar surface area (TPSA) is 197 Å². The predicted molar refractivity (Wildman–Crippen MR) is 247 cm³/mol. The number of rotatable bonds is 12. The number of aromatic nitrogens is 4. The van der Waals surface area contributed by atoms with Crippen molar-refractivity contribution in [1.82, 2.24) is 44.3 Å². The van der Waals surface area contributed by atoms with Crippen molar-refractivity contribution in [2.45, 2.75) is 69.2 Å². The molecule has 2 aromatic carbocycles. The Morgan fingerprint density at radius 1 is 0.870 bits per heavy atom. The van der Waals surface area contributed by atoms with Gasteiger partial charge in [0.2, 0.25) is 17.6 Å². The number of piperidine rings is 2. The van der Waals surface area contributed by atoms with Gasteiger partial charge in [0.05, 0.1) is 16.8 Å². The minimum Gasteiger partial charge on any atom is -0.372 e. The monoisotopic (exact) mass is 965 g/mol. The quantitative estimate of drug-likeness (QED) is 0.117. The van der Waals surface area contributed by atoms with Crippen molar-refractivity contribution < 1.29 is 40.8 Å². The van der Waals surface area contributed by atoms with Crippen LogP contribution >= 0.6 is 0 Å². The van der Waals surface area contributed by atoms with Crippen molar-refractivity contribution in [3.63, 3.8) is 0 Å². The number of amides is 3. The Hall–Kier alpha value is -6.29. The number of nitrogens with zero attached hydrogens (tertiary/aromatic N) is 8. The van der Waals surface area contributed by atoms with Crippen LogP contribution in [0.1, 0.15) is 82.6 Å². The maximum atomic E-state index is 15.8. The zero-order valence-electron chi connectivity index (χ0n) is 37.6. The summed E-state index contributed by atoms with van der Waals surface area (Å²) in [6.07, 6.45) is 9.57. The molecule has 6 aliphatic rings. The number of fused-ring (bicyclic) bond motifs is 2. The second-order valence-electron chi connectivity index (χ2n) is 19.1. The molecule has 3 amide bonds. The number of benzene rings is 2. The Bertz CT molecular complexity index is 3010. The van der Waals surface area contributed by atoms with Gasteiger partial charge < -0.3 is 19.7 Å². The fraction of sp³-hybridized carbons (Fsp3) is 0.438. The van der Waals surface area contributed by atoms with E-state index in [1.807, 2.05) is 16.9 Å². The van der Waals surface area contributed by atoms with Crippen LogP contribution in [-0.4, -0.2) is 142 Å². The van der Waals surface area contributed by atoms with Gasteiger partial charge >= 0.3 is 10.2 Å². The van der Waals surface area contributed by atoms with E-state index in [2.05, 4.69) is 36.1 Å². The molecule has 69 heavy (non-hydrogen) atoms.